The molecule has 14 heavy (non-hydrogen) atoms. The number of nitriles is 2. The summed E-state index contributed by atoms with van der Waals surface area (Å²) in [5.74, 6) is -0.259. The van der Waals surface area contributed by atoms with E-state index in [1.54, 1.807) is 6.07 Å². The number of carbonyl (C=O) groups excluding carboxylic acids is 1. The molecule has 0 atom stereocenters. The maximum atomic E-state index is 10.2. The lowest BCUT2D eigenvalue weighted by Crippen LogP contribution is -2.17. The first-order chi connectivity index (χ1) is 6.68. The van der Waals surface area contributed by atoms with Crippen LogP contribution in [0.3, 0.4) is 0 Å². The fraction of sp³-hybridized carbons (Fsp3) is 0.667. The van der Waals surface area contributed by atoms with Crippen molar-refractivity contribution in [1.82, 2.24) is 5.32 Å². The highest BCUT2D eigenvalue weighted by Crippen LogP contribution is 1.80. The third-order valence-electron chi connectivity index (χ3n) is 1.01. The van der Waals surface area contributed by atoms with Gasteiger partial charge >= 0.3 is 5.97 Å². The van der Waals surface area contributed by atoms with E-state index in [9.17, 15) is 4.79 Å². The van der Waals surface area contributed by atoms with Gasteiger partial charge in [0, 0.05) is 13.8 Å². The van der Waals surface area contributed by atoms with Crippen LogP contribution in [0.15, 0.2) is 0 Å². The van der Waals surface area contributed by atoms with Gasteiger partial charge < -0.3 is 10.1 Å². The van der Waals surface area contributed by atoms with Gasteiger partial charge in [0.05, 0.1) is 25.3 Å². The van der Waals surface area contributed by atoms with Crippen LogP contribution < -0.4 is 5.32 Å². The minimum absolute atomic E-state index is 0.259. The van der Waals surface area contributed by atoms with E-state index in [-0.39, 0.29) is 5.97 Å². The normalized spacial score (nSPS) is 7.43. The van der Waals surface area contributed by atoms with Gasteiger partial charge in [0.2, 0.25) is 0 Å². The number of ether oxygens (including phenoxy) is 1. The van der Waals surface area contributed by atoms with Crippen LogP contribution in [-0.4, -0.2) is 25.7 Å². The number of rotatable bonds is 5. The summed E-state index contributed by atoms with van der Waals surface area (Å²) in [6, 6.07) is 3.70. The van der Waals surface area contributed by atoms with Gasteiger partial charge in [-0.1, -0.05) is 0 Å². The minimum atomic E-state index is -0.259. The second kappa shape index (κ2) is 14.0. The lowest BCUT2D eigenvalue weighted by molar-refractivity contribution is -0.141. The summed E-state index contributed by atoms with van der Waals surface area (Å²) >= 11 is 0. The first-order valence-corrected chi connectivity index (χ1v) is 4.20. The van der Waals surface area contributed by atoms with Gasteiger partial charge in [-0.25, -0.2) is 0 Å². The van der Waals surface area contributed by atoms with Crippen molar-refractivity contribution in [3.05, 3.63) is 0 Å². The van der Waals surface area contributed by atoms with E-state index >= 15 is 0 Å². The molecule has 0 saturated heterocycles. The molecule has 0 rings (SSSR count). The van der Waals surface area contributed by atoms with Crippen LogP contribution in [0.25, 0.3) is 0 Å². The van der Waals surface area contributed by atoms with Crippen LogP contribution in [0.1, 0.15) is 20.3 Å². The average molecular weight is 197 g/mol. The van der Waals surface area contributed by atoms with Crippen molar-refractivity contribution >= 4 is 5.97 Å². The molecule has 0 aliphatic heterocycles. The molecule has 0 bridgehead atoms. The Labute approximate surface area is 84.3 Å². The summed E-state index contributed by atoms with van der Waals surface area (Å²) in [5.41, 5.74) is 0. The first kappa shape index (κ1) is 14.9. The van der Waals surface area contributed by atoms with Crippen LogP contribution in [0.2, 0.25) is 0 Å². The molecule has 0 aromatic heterocycles. The largest absolute Gasteiger partial charge is 0.466 e. The monoisotopic (exact) mass is 197 g/mol. The standard InChI is InChI=1S/C7H12N2O2.C2H3N/c1-7(10)11-6-2-4-9-5-3-8;1-2-3/h9H,2,4-6H2,1H3;1H3. The molecule has 0 aliphatic rings. The number of hydrogen-bond acceptors (Lipinski definition) is 5. The molecule has 0 amide bonds. The summed E-state index contributed by atoms with van der Waals surface area (Å²) in [6.45, 7) is 4.29. The molecule has 0 heterocycles. The summed E-state index contributed by atoms with van der Waals surface area (Å²) in [7, 11) is 0. The van der Waals surface area contributed by atoms with Crippen LogP contribution in [0.4, 0.5) is 0 Å². The number of nitrogens with zero attached hydrogens (tertiary/aromatic N) is 2. The number of hydrogen-bond donors (Lipinski definition) is 1. The quantitative estimate of drug-likeness (QED) is 0.396. The van der Waals surface area contributed by atoms with E-state index in [0.29, 0.717) is 19.7 Å². The van der Waals surface area contributed by atoms with Gasteiger partial charge in [-0.2, -0.15) is 10.5 Å². The lowest BCUT2D eigenvalue weighted by atomic mass is 10.4. The van der Waals surface area contributed by atoms with E-state index in [1.165, 1.54) is 13.8 Å². The van der Waals surface area contributed by atoms with Crippen molar-refractivity contribution in [3.63, 3.8) is 0 Å². The van der Waals surface area contributed by atoms with Crippen molar-refractivity contribution in [1.29, 1.82) is 10.5 Å². The van der Waals surface area contributed by atoms with Crippen molar-refractivity contribution in [2.24, 2.45) is 0 Å². The highest BCUT2D eigenvalue weighted by Gasteiger charge is 1.91. The Balaban J connectivity index is 0. The molecular formula is C9H15N3O2. The summed E-state index contributed by atoms with van der Waals surface area (Å²) in [4.78, 5) is 10.2. The fourth-order valence-corrected chi connectivity index (χ4v) is 0.557. The van der Waals surface area contributed by atoms with Gasteiger partial charge in [-0.05, 0) is 13.0 Å². The second-order valence-electron chi connectivity index (χ2n) is 2.25. The molecule has 0 spiro atoms. The Morgan fingerprint density at radius 2 is 2.07 bits per heavy atom. The summed E-state index contributed by atoms with van der Waals surface area (Å²) < 4.78 is 4.66. The van der Waals surface area contributed by atoms with E-state index in [0.717, 1.165) is 6.42 Å². The molecule has 0 aromatic carbocycles. The maximum Gasteiger partial charge on any atom is 0.302 e. The summed E-state index contributed by atoms with van der Waals surface area (Å²) in [5, 5.41) is 18.3. The average Bonchev–Trinajstić information content (AvgIpc) is 2.12. The maximum absolute atomic E-state index is 10.2. The zero-order valence-corrected chi connectivity index (χ0v) is 8.54. The highest BCUT2D eigenvalue weighted by molar-refractivity contribution is 5.65. The zero-order chi connectivity index (χ0) is 11.2. The SMILES string of the molecule is CC#N.CC(=O)OCCCNCC#N. The predicted octanol–water partition coefficient (Wildman–Crippen LogP) is 0.583. The molecule has 1 N–H and O–H groups in total. The minimum Gasteiger partial charge on any atom is -0.466 e. The Morgan fingerprint density at radius 3 is 2.50 bits per heavy atom. The van der Waals surface area contributed by atoms with Gasteiger partial charge in [0.25, 0.3) is 0 Å². The van der Waals surface area contributed by atoms with E-state index in [2.05, 4.69) is 10.1 Å². The highest BCUT2D eigenvalue weighted by atomic mass is 16.5. The molecule has 0 aromatic rings. The fourth-order valence-electron chi connectivity index (χ4n) is 0.557. The number of nitrogens with one attached hydrogen (secondary N) is 1. The van der Waals surface area contributed by atoms with Crippen LogP contribution in [0.5, 0.6) is 0 Å². The molecule has 0 radical (unpaired) electrons. The molecule has 0 saturated carbocycles. The number of esters is 1. The third-order valence-corrected chi connectivity index (χ3v) is 1.01. The van der Waals surface area contributed by atoms with Crippen molar-refractivity contribution in [3.8, 4) is 12.1 Å². The molecule has 5 nitrogen and oxygen atoms in total. The smallest absolute Gasteiger partial charge is 0.302 e. The molecule has 0 unspecified atom stereocenters. The van der Waals surface area contributed by atoms with Crippen LogP contribution in [0, 0.1) is 22.7 Å². The second-order valence-corrected chi connectivity index (χ2v) is 2.25. The third kappa shape index (κ3) is 22.4. The van der Waals surface area contributed by atoms with Crippen LogP contribution in [-0.2, 0) is 9.53 Å². The lowest BCUT2D eigenvalue weighted by Gasteiger charge is -2.00. The van der Waals surface area contributed by atoms with Crippen molar-refractivity contribution < 1.29 is 9.53 Å². The van der Waals surface area contributed by atoms with Crippen LogP contribution >= 0.6 is 0 Å². The summed E-state index contributed by atoms with van der Waals surface area (Å²) in [6.07, 6.45) is 0.751. The van der Waals surface area contributed by atoms with E-state index in [4.69, 9.17) is 10.5 Å². The predicted molar refractivity (Wildman–Crippen MR) is 51.0 cm³/mol. The van der Waals surface area contributed by atoms with E-state index in [1.807, 2.05) is 6.07 Å². The van der Waals surface area contributed by atoms with E-state index < -0.39 is 0 Å². The van der Waals surface area contributed by atoms with Crippen molar-refractivity contribution in [2.45, 2.75) is 20.3 Å². The molecule has 78 valence electrons. The Bertz CT molecular complexity index is 215. The van der Waals surface area contributed by atoms with Crippen molar-refractivity contribution in [2.75, 3.05) is 19.7 Å². The topological polar surface area (TPSA) is 85.9 Å². The Hall–Kier alpha value is -1.59. The van der Waals surface area contributed by atoms with Gasteiger partial charge in [0.1, 0.15) is 0 Å². The number of carbonyl (C=O) groups is 1. The molecule has 5 heteroatoms. The van der Waals surface area contributed by atoms with Gasteiger partial charge in [0.15, 0.2) is 0 Å². The Morgan fingerprint density at radius 1 is 1.50 bits per heavy atom. The zero-order valence-electron chi connectivity index (χ0n) is 8.54. The van der Waals surface area contributed by atoms with Gasteiger partial charge in [-0.3, -0.25) is 4.79 Å². The molecule has 0 aliphatic carbocycles. The molecular weight excluding hydrogens is 182 g/mol. The first-order valence-electron chi connectivity index (χ1n) is 4.20. The van der Waals surface area contributed by atoms with Gasteiger partial charge in [-0.15, -0.1) is 0 Å². The molecule has 0 fully saturated rings. The Kier molecular flexibility index (Phi) is 14.9.